The fraction of sp³-hybridized carbons (Fsp3) is 0.647. The van der Waals surface area contributed by atoms with E-state index in [4.69, 9.17) is 23.8 Å². The van der Waals surface area contributed by atoms with Gasteiger partial charge in [0.1, 0.15) is 23.9 Å². The van der Waals surface area contributed by atoms with Crippen LogP contribution in [-0.4, -0.2) is 62.1 Å². The molecule has 5 rings (SSSR count). The van der Waals surface area contributed by atoms with E-state index in [0.29, 0.717) is 26.4 Å². The third kappa shape index (κ3) is 1.91. The number of likely N-dealkylation sites (N-methyl/N-ethyl adjacent to an activating group) is 1. The predicted octanol–water partition coefficient (Wildman–Crippen LogP) is 0.958. The lowest BCUT2D eigenvalue weighted by molar-refractivity contribution is -0.288. The van der Waals surface area contributed by atoms with Crippen molar-refractivity contribution in [3.63, 3.8) is 0 Å². The quantitative estimate of drug-likeness (QED) is 0.827. The molecule has 6 nitrogen and oxygen atoms in total. The van der Waals surface area contributed by atoms with Crippen LogP contribution in [0.25, 0.3) is 0 Å². The van der Waals surface area contributed by atoms with Gasteiger partial charge in [0.05, 0.1) is 26.4 Å². The lowest BCUT2D eigenvalue weighted by atomic mass is 9.75. The molecular formula is C17H21NO5. The summed E-state index contributed by atoms with van der Waals surface area (Å²) in [4.78, 5) is 5.85. The van der Waals surface area contributed by atoms with Gasteiger partial charge in [-0.25, -0.2) is 0 Å². The maximum Gasteiger partial charge on any atom is 0.186 e. The third-order valence-corrected chi connectivity index (χ3v) is 5.65. The summed E-state index contributed by atoms with van der Waals surface area (Å²) in [5, 5.41) is 1.95. The molecule has 0 saturated carbocycles. The summed E-state index contributed by atoms with van der Waals surface area (Å²) >= 11 is 0. The van der Waals surface area contributed by atoms with Gasteiger partial charge in [0, 0.05) is 13.0 Å². The molecule has 4 aliphatic heterocycles. The second-order valence-corrected chi connectivity index (χ2v) is 6.72. The molecular weight excluding hydrogens is 298 g/mol. The van der Waals surface area contributed by atoms with Crippen LogP contribution in [-0.2, 0) is 30.4 Å². The molecule has 1 aromatic carbocycles. The number of nitrogens with zero attached hydrogens (tertiary/aromatic N) is 1. The average molecular weight is 319 g/mol. The minimum Gasteiger partial charge on any atom is -0.373 e. The van der Waals surface area contributed by atoms with E-state index in [1.807, 2.05) is 30.3 Å². The fourth-order valence-electron chi connectivity index (χ4n) is 4.58. The van der Waals surface area contributed by atoms with E-state index in [0.717, 1.165) is 5.56 Å². The van der Waals surface area contributed by atoms with Gasteiger partial charge >= 0.3 is 0 Å². The third-order valence-electron chi connectivity index (χ3n) is 5.65. The Balaban J connectivity index is 1.47. The Bertz CT molecular complexity index is 584. The van der Waals surface area contributed by atoms with E-state index in [1.54, 1.807) is 0 Å². The van der Waals surface area contributed by atoms with Crippen LogP contribution >= 0.6 is 0 Å². The zero-order valence-electron chi connectivity index (χ0n) is 13.1. The highest BCUT2D eigenvalue weighted by atomic mass is 16.8. The van der Waals surface area contributed by atoms with Crippen molar-refractivity contribution in [2.75, 3.05) is 26.9 Å². The first-order chi connectivity index (χ1) is 11.3. The Kier molecular flexibility index (Phi) is 3.27. The molecule has 0 unspecified atom stereocenters. The predicted molar refractivity (Wildman–Crippen MR) is 79.3 cm³/mol. The van der Waals surface area contributed by atoms with Crippen LogP contribution < -0.4 is 0 Å². The van der Waals surface area contributed by atoms with Crippen LogP contribution in [0.4, 0.5) is 0 Å². The SMILES string of the molecule is CN1OC[C@@H]2CO[C@H]3[C@H]4CO[C@H](O4)[C@H](OCc4ccccc4)[C@@]231. The zero-order chi connectivity index (χ0) is 15.4. The van der Waals surface area contributed by atoms with Crippen LogP contribution in [0.2, 0.25) is 0 Å². The summed E-state index contributed by atoms with van der Waals surface area (Å²) in [6, 6.07) is 10.2. The summed E-state index contributed by atoms with van der Waals surface area (Å²) in [5.74, 6) is 0.286. The minimum absolute atomic E-state index is 0.0364. The largest absolute Gasteiger partial charge is 0.373 e. The molecule has 4 saturated heterocycles. The summed E-state index contributed by atoms with van der Waals surface area (Å²) in [6.45, 7) is 2.43. The number of fused-ring (bicyclic) bond motifs is 3. The lowest BCUT2D eigenvalue weighted by Crippen LogP contribution is -2.69. The molecule has 1 aromatic rings. The highest BCUT2D eigenvalue weighted by Gasteiger charge is 2.71. The molecule has 0 N–H and O–H groups in total. The van der Waals surface area contributed by atoms with Crippen LogP contribution in [0.1, 0.15) is 5.56 Å². The van der Waals surface area contributed by atoms with Gasteiger partial charge in [-0.3, -0.25) is 4.84 Å². The van der Waals surface area contributed by atoms with Crippen molar-refractivity contribution in [3.05, 3.63) is 35.9 Å². The topological polar surface area (TPSA) is 49.4 Å². The lowest BCUT2D eigenvalue weighted by Gasteiger charge is -2.48. The molecule has 4 aliphatic rings. The summed E-state index contributed by atoms with van der Waals surface area (Å²) in [5.41, 5.74) is 0.816. The zero-order valence-corrected chi connectivity index (χ0v) is 13.1. The summed E-state index contributed by atoms with van der Waals surface area (Å²) < 4.78 is 24.3. The van der Waals surface area contributed by atoms with E-state index in [9.17, 15) is 0 Å². The normalized spacial score (nSPS) is 45.2. The van der Waals surface area contributed by atoms with Crippen molar-refractivity contribution < 1.29 is 23.8 Å². The molecule has 0 aliphatic carbocycles. The van der Waals surface area contributed by atoms with Crippen molar-refractivity contribution in [1.29, 1.82) is 0 Å². The maximum atomic E-state index is 6.34. The van der Waals surface area contributed by atoms with E-state index < -0.39 is 0 Å². The van der Waals surface area contributed by atoms with Crippen molar-refractivity contribution in [3.8, 4) is 0 Å². The number of benzene rings is 1. The van der Waals surface area contributed by atoms with Gasteiger partial charge < -0.3 is 18.9 Å². The number of hydrogen-bond donors (Lipinski definition) is 0. The molecule has 0 radical (unpaired) electrons. The Labute approximate surface area is 135 Å². The van der Waals surface area contributed by atoms with E-state index in [-0.39, 0.29) is 36.1 Å². The van der Waals surface area contributed by atoms with Crippen molar-refractivity contribution in [2.24, 2.45) is 5.92 Å². The van der Waals surface area contributed by atoms with Crippen LogP contribution in [0.15, 0.2) is 30.3 Å². The Morgan fingerprint density at radius 1 is 1.17 bits per heavy atom. The van der Waals surface area contributed by atoms with Crippen molar-refractivity contribution in [2.45, 2.75) is 36.7 Å². The smallest absolute Gasteiger partial charge is 0.186 e. The second-order valence-electron chi connectivity index (χ2n) is 6.72. The monoisotopic (exact) mass is 319 g/mol. The van der Waals surface area contributed by atoms with Crippen LogP contribution in [0.3, 0.4) is 0 Å². The minimum atomic E-state index is -0.353. The molecule has 124 valence electrons. The van der Waals surface area contributed by atoms with E-state index >= 15 is 0 Å². The number of hydrogen-bond acceptors (Lipinski definition) is 6. The second kappa shape index (κ2) is 5.24. The molecule has 6 heteroatoms. The van der Waals surface area contributed by atoms with Crippen LogP contribution in [0.5, 0.6) is 0 Å². The Morgan fingerprint density at radius 3 is 2.91 bits per heavy atom. The molecule has 23 heavy (non-hydrogen) atoms. The molecule has 2 bridgehead atoms. The number of hydroxylamine groups is 2. The molecule has 4 fully saturated rings. The van der Waals surface area contributed by atoms with E-state index in [1.165, 1.54) is 0 Å². The standard InChI is InChI=1S/C17H21NO5/c1-18-17-12(9-22-18)8-20-14(17)13-10-21-16(23-13)15(17)19-7-11-5-3-2-4-6-11/h2-6,12-16H,7-10H2,1H3/t12-,13+,14-,15-,16+,17+/m0/s1. The van der Waals surface area contributed by atoms with Gasteiger partial charge in [0.15, 0.2) is 6.29 Å². The van der Waals surface area contributed by atoms with Crippen LogP contribution in [0, 0.1) is 5.92 Å². The number of rotatable bonds is 3. The van der Waals surface area contributed by atoms with Crippen molar-refractivity contribution in [1.82, 2.24) is 5.06 Å². The van der Waals surface area contributed by atoms with Gasteiger partial charge in [-0.1, -0.05) is 30.3 Å². The number of ether oxygens (including phenoxy) is 4. The fourth-order valence-corrected chi connectivity index (χ4v) is 4.58. The highest BCUT2D eigenvalue weighted by Crippen LogP contribution is 2.52. The summed E-state index contributed by atoms with van der Waals surface area (Å²) in [7, 11) is 1.98. The Morgan fingerprint density at radius 2 is 2.04 bits per heavy atom. The van der Waals surface area contributed by atoms with Gasteiger partial charge in [-0.05, 0) is 5.56 Å². The van der Waals surface area contributed by atoms with Gasteiger partial charge in [-0.2, -0.15) is 5.06 Å². The van der Waals surface area contributed by atoms with Gasteiger partial charge in [0.2, 0.25) is 0 Å². The first-order valence-corrected chi connectivity index (χ1v) is 8.21. The maximum absolute atomic E-state index is 6.34. The molecule has 0 amide bonds. The summed E-state index contributed by atoms with van der Waals surface area (Å²) in [6.07, 6.45) is -0.690. The average Bonchev–Trinajstić information content (AvgIpc) is 3.24. The highest BCUT2D eigenvalue weighted by molar-refractivity contribution is 5.19. The van der Waals surface area contributed by atoms with Gasteiger partial charge in [-0.15, -0.1) is 0 Å². The van der Waals surface area contributed by atoms with E-state index in [2.05, 4.69) is 12.1 Å². The Hall–Kier alpha value is -1.02. The molecule has 4 heterocycles. The molecule has 1 spiro atoms. The molecule has 0 aromatic heterocycles. The molecule has 6 atom stereocenters. The van der Waals surface area contributed by atoms with Crippen molar-refractivity contribution >= 4 is 0 Å². The first kappa shape index (κ1) is 14.3. The first-order valence-electron chi connectivity index (χ1n) is 8.21. The van der Waals surface area contributed by atoms with Gasteiger partial charge in [0.25, 0.3) is 0 Å².